The topological polar surface area (TPSA) is 36.9 Å². The number of methoxy groups -OCH3 is 3. The van der Waals surface area contributed by atoms with E-state index in [1.54, 1.807) is 21.3 Å². The van der Waals surface area contributed by atoms with Gasteiger partial charge in [-0.1, -0.05) is 54.6 Å². The second-order valence-electron chi connectivity index (χ2n) is 8.07. The van der Waals surface area contributed by atoms with Gasteiger partial charge in [-0.3, -0.25) is 0 Å². The molecule has 0 saturated heterocycles. The van der Waals surface area contributed by atoms with E-state index in [0.29, 0.717) is 0 Å². The molecule has 1 aliphatic heterocycles. The number of hydrogen-bond acceptors (Lipinski definition) is 4. The fraction of sp³-hybridized carbons (Fsp3) is 0.172. The number of rotatable bonds is 5. The lowest BCUT2D eigenvalue weighted by Gasteiger charge is -2.42. The second-order valence-corrected chi connectivity index (χ2v) is 8.07. The van der Waals surface area contributed by atoms with Gasteiger partial charge in [0.1, 0.15) is 28.7 Å². The molecular formula is C29H26O4. The van der Waals surface area contributed by atoms with Crippen molar-refractivity contribution in [2.75, 3.05) is 21.3 Å². The van der Waals surface area contributed by atoms with Crippen molar-refractivity contribution >= 4 is 0 Å². The van der Waals surface area contributed by atoms with E-state index in [1.165, 1.54) is 0 Å². The Bertz CT molecular complexity index is 1260. The van der Waals surface area contributed by atoms with Crippen molar-refractivity contribution in [3.63, 3.8) is 0 Å². The van der Waals surface area contributed by atoms with Crippen LogP contribution in [0.15, 0.2) is 84.9 Å². The maximum absolute atomic E-state index is 6.45. The van der Waals surface area contributed by atoms with Gasteiger partial charge in [-0.2, -0.15) is 0 Å². The van der Waals surface area contributed by atoms with E-state index in [-0.39, 0.29) is 0 Å². The van der Waals surface area contributed by atoms with E-state index in [9.17, 15) is 0 Å². The largest absolute Gasteiger partial charge is 0.496 e. The maximum atomic E-state index is 6.45. The number of ether oxygens (including phenoxy) is 4. The molecule has 0 N–H and O–H groups in total. The molecule has 4 aromatic carbocycles. The first-order valence-corrected chi connectivity index (χ1v) is 10.9. The fourth-order valence-corrected chi connectivity index (χ4v) is 5.06. The molecule has 4 aromatic rings. The zero-order valence-corrected chi connectivity index (χ0v) is 19.2. The lowest BCUT2D eigenvalue weighted by Crippen LogP contribution is -2.35. The molecule has 0 bridgehead atoms. The van der Waals surface area contributed by atoms with Crippen LogP contribution in [0.4, 0.5) is 0 Å². The summed E-state index contributed by atoms with van der Waals surface area (Å²) in [6, 6.07) is 28.7. The molecule has 0 amide bonds. The molecule has 0 saturated carbocycles. The highest BCUT2D eigenvalue weighted by atomic mass is 16.5. The zero-order valence-electron chi connectivity index (χ0n) is 19.2. The smallest absolute Gasteiger partial charge is 0.135 e. The zero-order chi connectivity index (χ0) is 23.0. The molecule has 1 heterocycles. The number of aryl methyl sites for hydroxylation is 1. The Morgan fingerprint density at radius 1 is 0.576 bits per heavy atom. The molecular weight excluding hydrogens is 412 g/mol. The van der Waals surface area contributed by atoms with E-state index in [1.807, 2.05) is 48.5 Å². The predicted octanol–water partition coefficient (Wildman–Crippen LogP) is 6.51. The normalized spacial score (nSPS) is 13.3. The standard InChI is InChI=1S/C29H26O4/c1-19-18-21(16-17-22(19)30-2)29(20-10-6-5-7-11-20)27-23(31-3)12-8-14-25(27)33-26-15-9-13-24(32-4)28(26)29/h5-18H,1-4H3. The Hall–Kier alpha value is -3.92. The molecule has 4 nitrogen and oxygen atoms in total. The Labute approximate surface area is 194 Å². The van der Waals surface area contributed by atoms with E-state index in [4.69, 9.17) is 18.9 Å². The van der Waals surface area contributed by atoms with Crippen LogP contribution in [0.2, 0.25) is 0 Å². The van der Waals surface area contributed by atoms with Crippen molar-refractivity contribution in [1.82, 2.24) is 0 Å². The van der Waals surface area contributed by atoms with E-state index in [2.05, 4.69) is 43.3 Å². The Balaban J connectivity index is 2.01. The second kappa shape index (κ2) is 8.21. The van der Waals surface area contributed by atoms with Crippen LogP contribution in [-0.4, -0.2) is 21.3 Å². The van der Waals surface area contributed by atoms with Gasteiger partial charge in [0.2, 0.25) is 0 Å². The average Bonchev–Trinajstić information content (AvgIpc) is 2.87. The quantitative estimate of drug-likeness (QED) is 0.313. The van der Waals surface area contributed by atoms with Gasteiger partial charge in [0.05, 0.1) is 37.9 Å². The van der Waals surface area contributed by atoms with Crippen molar-refractivity contribution in [3.05, 3.63) is 113 Å². The summed E-state index contributed by atoms with van der Waals surface area (Å²) < 4.78 is 23.9. The minimum absolute atomic E-state index is 0.736. The first kappa shape index (κ1) is 21.0. The van der Waals surface area contributed by atoms with Crippen LogP contribution in [0, 0.1) is 6.92 Å². The molecule has 0 radical (unpaired) electrons. The molecule has 0 aromatic heterocycles. The van der Waals surface area contributed by atoms with Gasteiger partial charge in [-0.25, -0.2) is 0 Å². The van der Waals surface area contributed by atoms with Crippen molar-refractivity contribution in [1.29, 1.82) is 0 Å². The Morgan fingerprint density at radius 3 is 1.67 bits per heavy atom. The number of fused-ring (bicyclic) bond motifs is 2. The third-order valence-corrected chi connectivity index (χ3v) is 6.42. The van der Waals surface area contributed by atoms with Crippen molar-refractivity contribution in [2.45, 2.75) is 12.3 Å². The van der Waals surface area contributed by atoms with Gasteiger partial charge in [0.25, 0.3) is 0 Å². The molecule has 166 valence electrons. The number of benzene rings is 4. The fourth-order valence-electron chi connectivity index (χ4n) is 5.06. The highest BCUT2D eigenvalue weighted by Gasteiger charge is 2.49. The molecule has 4 heteroatoms. The van der Waals surface area contributed by atoms with Crippen LogP contribution in [0.3, 0.4) is 0 Å². The molecule has 0 spiro atoms. The summed E-state index contributed by atoms with van der Waals surface area (Å²) >= 11 is 0. The summed E-state index contributed by atoms with van der Waals surface area (Å²) in [5.41, 5.74) is 4.37. The van der Waals surface area contributed by atoms with Crippen LogP contribution < -0.4 is 18.9 Å². The van der Waals surface area contributed by atoms with Crippen molar-refractivity contribution < 1.29 is 18.9 Å². The van der Waals surface area contributed by atoms with Crippen LogP contribution in [-0.2, 0) is 5.41 Å². The van der Waals surface area contributed by atoms with Gasteiger partial charge >= 0.3 is 0 Å². The van der Waals surface area contributed by atoms with Gasteiger partial charge in [0.15, 0.2) is 0 Å². The molecule has 1 aliphatic rings. The third-order valence-electron chi connectivity index (χ3n) is 6.42. The minimum atomic E-state index is -0.736. The van der Waals surface area contributed by atoms with Gasteiger partial charge in [-0.15, -0.1) is 0 Å². The third kappa shape index (κ3) is 3.05. The summed E-state index contributed by atoms with van der Waals surface area (Å²) in [6.45, 7) is 2.06. The monoisotopic (exact) mass is 438 g/mol. The van der Waals surface area contributed by atoms with E-state index >= 15 is 0 Å². The summed E-state index contributed by atoms with van der Waals surface area (Å²) in [7, 11) is 5.09. The highest BCUT2D eigenvalue weighted by molar-refractivity contribution is 5.75. The predicted molar refractivity (Wildman–Crippen MR) is 129 cm³/mol. The Kier molecular flexibility index (Phi) is 5.21. The lowest BCUT2D eigenvalue weighted by atomic mass is 9.63. The summed E-state index contributed by atoms with van der Waals surface area (Å²) in [5, 5.41) is 0. The highest BCUT2D eigenvalue weighted by Crippen LogP contribution is 2.60. The minimum Gasteiger partial charge on any atom is -0.496 e. The van der Waals surface area contributed by atoms with Gasteiger partial charge in [0, 0.05) is 0 Å². The van der Waals surface area contributed by atoms with Gasteiger partial charge < -0.3 is 18.9 Å². The van der Waals surface area contributed by atoms with E-state index < -0.39 is 5.41 Å². The van der Waals surface area contributed by atoms with Crippen LogP contribution in [0.25, 0.3) is 0 Å². The molecule has 0 unspecified atom stereocenters. The summed E-state index contributed by atoms with van der Waals surface area (Å²) in [4.78, 5) is 0. The van der Waals surface area contributed by atoms with Gasteiger partial charge in [-0.05, 0) is 53.9 Å². The average molecular weight is 439 g/mol. The summed E-state index contributed by atoms with van der Waals surface area (Å²) in [5.74, 6) is 3.86. The van der Waals surface area contributed by atoms with Crippen LogP contribution in [0.5, 0.6) is 28.7 Å². The maximum Gasteiger partial charge on any atom is 0.135 e. The molecule has 33 heavy (non-hydrogen) atoms. The van der Waals surface area contributed by atoms with Crippen LogP contribution in [0.1, 0.15) is 27.8 Å². The van der Waals surface area contributed by atoms with E-state index in [0.717, 1.165) is 56.6 Å². The molecule has 5 rings (SSSR count). The van der Waals surface area contributed by atoms with Crippen LogP contribution >= 0.6 is 0 Å². The Morgan fingerprint density at radius 2 is 1.15 bits per heavy atom. The first-order valence-electron chi connectivity index (χ1n) is 10.9. The SMILES string of the molecule is COc1ccc(C2(c3ccccc3)c3c(OC)cccc3Oc3cccc(OC)c32)cc1C. The van der Waals surface area contributed by atoms with Crippen molar-refractivity contribution in [2.24, 2.45) is 0 Å². The first-order chi connectivity index (χ1) is 16.1. The van der Waals surface area contributed by atoms with Crippen molar-refractivity contribution in [3.8, 4) is 28.7 Å². The molecule has 0 fully saturated rings. The summed E-state index contributed by atoms with van der Waals surface area (Å²) in [6.07, 6.45) is 0. The molecule has 0 aliphatic carbocycles. The molecule has 0 atom stereocenters. The lowest BCUT2D eigenvalue weighted by molar-refractivity contribution is 0.365. The number of hydrogen-bond donors (Lipinski definition) is 0.